The highest BCUT2D eigenvalue weighted by atomic mass is 16.3. The van der Waals surface area contributed by atoms with Crippen molar-refractivity contribution in [2.45, 2.75) is 33.3 Å². The SMILES string of the molecule is Cc1nc(N)c(C)c(N(C)CCC(C)O)n1. The minimum absolute atomic E-state index is 0.303. The third-order valence-corrected chi connectivity index (χ3v) is 2.51. The van der Waals surface area contributed by atoms with Crippen molar-refractivity contribution in [2.24, 2.45) is 0 Å². The average Bonchev–Trinajstić information content (AvgIpc) is 2.19. The summed E-state index contributed by atoms with van der Waals surface area (Å²) in [6, 6.07) is 0. The topological polar surface area (TPSA) is 75.3 Å². The molecule has 1 atom stereocenters. The van der Waals surface area contributed by atoms with Gasteiger partial charge in [-0.15, -0.1) is 0 Å². The lowest BCUT2D eigenvalue weighted by molar-refractivity contribution is 0.187. The van der Waals surface area contributed by atoms with Gasteiger partial charge < -0.3 is 15.7 Å². The molecule has 1 heterocycles. The average molecular weight is 224 g/mol. The fraction of sp³-hybridized carbons (Fsp3) is 0.636. The third kappa shape index (κ3) is 3.06. The lowest BCUT2D eigenvalue weighted by atomic mass is 10.2. The Balaban J connectivity index is 2.86. The van der Waals surface area contributed by atoms with Crippen LogP contribution in [0.2, 0.25) is 0 Å². The predicted octanol–water partition coefficient (Wildman–Crippen LogP) is 0.883. The Morgan fingerprint density at radius 1 is 1.38 bits per heavy atom. The van der Waals surface area contributed by atoms with Crippen LogP contribution in [0, 0.1) is 13.8 Å². The normalized spacial score (nSPS) is 12.6. The first-order chi connectivity index (χ1) is 7.41. The molecule has 5 nitrogen and oxygen atoms in total. The Labute approximate surface area is 96.3 Å². The van der Waals surface area contributed by atoms with Crippen LogP contribution in [0.3, 0.4) is 0 Å². The molecule has 1 aromatic rings. The Kier molecular flexibility index (Phi) is 4.06. The summed E-state index contributed by atoms with van der Waals surface area (Å²) >= 11 is 0. The monoisotopic (exact) mass is 224 g/mol. The van der Waals surface area contributed by atoms with Crippen molar-refractivity contribution in [1.82, 2.24) is 9.97 Å². The number of rotatable bonds is 4. The zero-order chi connectivity index (χ0) is 12.3. The van der Waals surface area contributed by atoms with Crippen molar-refractivity contribution in [1.29, 1.82) is 0 Å². The van der Waals surface area contributed by atoms with E-state index in [1.165, 1.54) is 0 Å². The first kappa shape index (κ1) is 12.7. The number of aliphatic hydroxyl groups is 1. The van der Waals surface area contributed by atoms with E-state index in [4.69, 9.17) is 5.73 Å². The summed E-state index contributed by atoms with van der Waals surface area (Å²) in [6.07, 6.45) is 0.404. The molecule has 0 amide bonds. The van der Waals surface area contributed by atoms with Crippen LogP contribution in [0.25, 0.3) is 0 Å². The van der Waals surface area contributed by atoms with Gasteiger partial charge in [0.05, 0.1) is 6.10 Å². The highest BCUT2D eigenvalue weighted by Gasteiger charge is 2.11. The zero-order valence-electron chi connectivity index (χ0n) is 10.4. The van der Waals surface area contributed by atoms with Gasteiger partial charge in [0.1, 0.15) is 17.5 Å². The fourth-order valence-corrected chi connectivity index (χ4v) is 1.49. The molecule has 0 saturated heterocycles. The number of hydrogen-bond donors (Lipinski definition) is 2. The fourth-order valence-electron chi connectivity index (χ4n) is 1.49. The molecule has 0 aromatic carbocycles. The summed E-state index contributed by atoms with van der Waals surface area (Å²) in [4.78, 5) is 10.5. The van der Waals surface area contributed by atoms with Crippen molar-refractivity contribution in [2.75, 3.05) is 24.2 Å². The van der Waals surface area contributed by atoms with Crippen LogP contribution in [-0.4, -0.2) is 34.8 Å². The number of hydrogen-bond acceptors (Lipinski definition) is 5. The van der Waals surface area contributed by atoms with Gasteiger partial charge in [0.2, 0.25) is 0 Å². The van der Waals surface area contributed by atoms with E-state index < -0.39 is 0 Å². The second-order valence-corrected chi connectivity index (χ2v) is 4.16. The first-order valence-electron chi connectivity index (χ1n) is 5.41. The van der Waals surface area contributed by atoms with Crippen LogP contribution in [-0.2, 0) is 0 Å². The van der Waals surface area contributed by atoms with E-state index in [1.807, 2.05) is 25.8 Å². The third-order valence-electron chi connectivity index (χ3n) is 2.51. The van der Waals surface area contributed by atoms with Crippen LogP contribution in [0.5, 0.6) is 0 Å². The number of aryl methyl sites for hydroxylation is 1. The molecule has 0 aliphatic heterocycles. The van der Waals surface area contributed by atoms with Crippen molar-refractivity contribution in [3.8, 4) is 0 Å². The Morgan fingerprint density at radius 2 is 2.00 bits per heavy atom. The molecule has 0 aliphatic carbocycles. The number of nitrogen functional groups attached to an aromatic ring is 1. The van der Waals surface area contributed by atoms with Crippen molar-refractivity contribution in [3.05, 3.63) is 11.4 Å². The van der Waals surface area contributed by atoms with Gasteiger partial charge in [0, 0.05) is 19.2 Å². The van der Waals surface area contributed by atoms with E-state index in [1.54, 1.807) is 6.92 Å². The molecule has 0 spiro atoms. The van der Waals surface area contributed by atoms with E-state index in [2.05, 4.69) is 9.97 Å². The minimum atomic E-state index is -0.303. The van der Waals surface area contributed by atoms with Crippen LogP contribution in [0.15, 0.2) is 0 Å². The Morgan fingerprint density at radius 3 is 2.56 bits per heavy atom. The molecule has 1 unspecified atom stereocenters. The van der Waals surface area contributed by atoms with Gasteiger partial charge in [-0.25, -0.2) is 9.97 Å². The van der Waals surface area contributed by atoms with Crippen molar-refractivity contribution in [3.63, 3.8) is 0 Å². The molecule has 16 heavy (non-hydrogen) atoms. The van der Waals surface area contributed by atoms with E-state index >= 15 is 0 Å². The molecular formula is C11H20N4O. The number of anilines is 2. The van der Waals surface area contributed by atoms with Gasteiger partial charge in [-0.1, -0.05) is 0 Å². The summed E-state index contributed by atoms with van der Waals surface area (Å²) < 4.78 is 0. The smallest absolute Gasteiger partial charge is 0.137 e. The first-order valence-corrected chi connectivity index (χ1v) is 5.41. The quantitative estimate of drug-likeness (QED) is 0.794. The van der Waals surface area contributed by atoms with Crippen LogP contribution in [0.4, 0.5) is 11.6 Å². The number of aliphatic hydroxyl groups excluding tert-OH is 1. The number of aromatic nitrogens is 2. The number of nitrogens with zero attached hydrogens (tertiary/aromatic N) is 3. The highest BCUT2D eigenvalue weighted by Crippen LogP contribution is 2.20. The molecule has 1 aromatic heterocycles. The molecule has 90 valence electrons. The lowest BCUT2D eigenvalue weighted by Gasteiger charge is -2.21. The zero-order valence-corrected chi connectivity index (χ0v) is 10.4. The summed E-state index contributed by atoms with van der Waals surface area (Å²) in [5.41, 5.74) is 6.68. The molecule has 1 rings (SSSR count). The van der Waals surface area contributed by atoms with Crippen LogP contribution < -0.4 is 10.6 Å². The second kappa shape index (κ2) is 5.12. The van der Waals surface area contributed by atoms with E-state index in [-0.39, 0.29) is 6.10 Å². The van der Waals surface area contributed by atoms with Crippen LogP contribution in [0.1, 0.15) is 24.7 Å². The van der Waals surface area contributed by atoms with Gasteiger partial charge in [0.25, 0.3) is 0 Å². The minimum Gasteiger partial charge on any atom is -0.393 e. The predicted molar refractivity (Wildman–Crippen MR) is 65.5 cm³/mol. The van der Waals surface area contributed by atoms with Crippen molar-refractivity contribution >= 4 is 11.6 Å². The molecule has 0 bridgehead atoms. The maximum atomic E-state index is 9.24. The summed E-state index contributed by atoms with van der Waals surface area (Å²) in [7, 11) is 1.94. The van der Waals surface area contributed by atoms with Gasteiger partial charge in [-0.2, -0.15) is 0 Å². The number of nitrogens with two attached hydrogens (primary N) is 1. The summed E-state index contributed by atoms with van der Waals surface area (Å²) in [6.45, 7) is 6.25. The molecule has 0 radical (unpaired) electrons. The maximum absolute atomic E-state index is 9.24. The largest absolute Gasteiger partial charge is 0.393 e. The summed E-state index contributed by atoms with van der Waals surface area (Å²) in [5.74, 6) is 2.03. The van der Waals surface area contributed by atoms with E-state index in [0.29, 0.717) is 18.1 Å². The van der Waals surface area contributed by atoms with Gasteiger partial charge in [-0.05, 0) is 27.2 Å². The van der Waals surface area contributed by atoms with E-state index in [9.17, 15) is 5.11 Å². The molecular weight excluding hydrogens is 204 g/mol. The lowest BCUT2D eigenvalue weighted by Crippen LogP contribution is -2.24. The van der Waals surface area contributed by atoms with E-state index in [0.717, 1.165) is 17.9 Å². The Bertz CT molecular complexity index is 365. The maximum Gasteiger partial charge on any atom is 0.137 e. The standard InChI is InChI=1S/C11H20N4O/c1-7(16)5-6-15(4)11-8(2)10(12)13-9(3)14-11/h7,16H,5-6H2,1-4H3,(H2,12,13,14). The highest BCUT2D eigenvalue weighted by molar-refractivity contribution is 5.55. The van der Waals surface area contributed by atoms with Gasteiger partial charge in [-0.3, -0.25) is 0 Å². The van der Waals surface area contributed by atoms with Gasteiger partial charge in [0.15, 0.2) is 0 Å². The molecule has 5 heteroatoms. The second-order valence-electron chi connectivity index (χ2n) is 4.16. The molecule has 0 aliphatic rings. The Hall–Kier alpha value is -1.36. The molecule has 3 N–H and O–H groups in total. The van der Waals surface area contributed by atoms with Crippen LogP contribution >= 0.6 is 0 Å². The van der Waals surface area contributed by atoms with Gasteiger partial charge >= 0.3 is 0 Å². The summed E-state index contributed by atoms with van der Waals surface area (Å²) in [5, 5.41) is 9.24. The molecule has 0 saturated carbocycles. The van der Waals surface area contributed by atoms with Crippen molar-refractivity contribution < 1.29 is 5.11 Å². The molecule has 0 fully saturated rings.